The number of imidazole rings is 1. The minimum Gasteiger partial charge on any atom is -0.382 e. The molecule has 0 spiro atoms. The lowest BCUT2D eigenvalue weighted by Crippen LogP contribution is -2.33. The van der Waals surface area contributed by atoms with Crippen molar-refractivity contribution in [3.8, 4) is 0 Å². The van der Waals surface area contributed by atoms with Crippen molar-refractivity contribution in [2.75, 3.05) is 5.73 Å². The molecule has 108 valence electrons. The van der Waals surface area contributed by atoms with E-state index in [9.17, 15) is 0 Å². The van der Waals surface area contributed by atoms with Gasteiger partial charge in [-0.1, -0.05) is 13.8 Å². The Morgan fingerprint density at radius 1 is 1.45 bits per heavy atom. The van der Waals surface area contributed by atoms with Gasteiger partial charge in [-0.05, 0) is 13.3 Å². The Labute approximate surface area is 116 Å². The third kappa shape index (κ3) is 1.69. The molecular weight excluding hydrogens is 261 g/mol. The quantitative estimate of drug-likeness (QED) is 0.910. The van der Waals surface area contributed by atoms with Crippen molar-refractivity contribution >= 4 is 17.0 Å². The zero-order valence-electron chi connectivity index (χ0n) is 11.7. The molecule has 1 fully saturated rings. The van der Waals surface area contributed by atoms with Crippen molar-refractivity contribution in [1.29, 1.82) is 0 Å². The van der Waals surface area contributed by atoms with Crippen LogP contribution in [-0.4, -0.2) is 31.3 Å². The van der Waals surface area contributed by atoms with Crippen molar-refractivity contribution in [1.82, 2.24) is 19.5 Å². The predicted molar refractivity (Wildman–Crippen MR) is 72.6 cm³/mol. The van der Waals surface area contributed by atoms with Crippen LogP contribution in [0.1, 0.15) is 33.4 Å². The summed E-state index contributed by atoms with van der Waals surface area (Å²) >= 11 is 0. The second-order valence-electron chi connectivity index (χ2n) is 5.46. The Bertz CT molecular complexity index is 641. The number of hydrogen-bond donors (Lipinski definition) is 1. The van der Waals surface area contributed by atoms with E-state index in [4.69, 9.17) is 10.5 Å². The highest BCUT2D eigenvalue weighted by Gasteiger charge is 2.52. The Morgan fingerprint density at radius 3 is 2.85 bits per heavy atom. The molecular formula is C13H18FN5O. The first kappa shape index (κ1) is 13.2. The Kier molecular flexibility index (Phi) is 2.89. The summed E-state index contributed by atoms with van der Waals surface area (Å²) in [6.07, 6.45) is 2.76. The topological polar surface area (TPSA) is 78.9 Å². The number of fused-ring (bicyclic) bond motifs is 1. The fourth-order valence-corrected chi connectivity index (χ4v) is 2.83. The van der Waals surface area contributed by atoms with Crippen LogP contribution in [0.25, 0.3) is 11.2 Å². The first-order valence-corrected chi connectivity index (χ1v) is 6.74. The van der Waals surface area contributed by atoms with Gasteiger partial charge in [0, 0.05) is 5.92 Å². The van der Waals surface area contributed by atoms with E-state index < -0.39 is 11.9 Å². The number of anilines is 1. The van der Waals surface area contributed by atoms with Gasteiger partial charge in [0.15, 0.2) is 23.4 Å². The zero-order chi connectivity index (χ0) is 14.5. The lowest BCUT2D eigenvalue weighted by atomic mass is 9.88. The van der Waals surface area contributed by atoms with Crippen LogP contribution in [0, 0.1) is 5.92 Å². The fourth-order valence-electron chi connectivity index (χ4n) is 2.83. The molecule has 1 saturated heterocycles. The molecule has 7 heteroatoms. The van der Waals surface area contributed by atoms with E-state index >= 15 is 4.39 Å². The minimum atomic E-state index is -1.49. The fraction of sp³-hybridized carbons (Fsp3) is 0.615. The predicted octanol–water partition coefficient (Wildman–Crippen LogP) is 2.08. The van der Waals surface area contributed by atoms with Crippen molar-refractivity contribution in [2.45, 2.75) is 45.2 Å². The Balaban J connectivity index is 2.10. The molecule has 4 atom stereocenters. The number of ether oxygens (including phenoxy) is 1. The summed E-state index contributed by atoms with van der Waals surface area (Å²) in [5.41, 5.74) is 5.23. The van der Waals surface area contributed by atoms with Crippen LogP contribution < -0.4 is 5.73 Å². The van der Waals surface area contributed by atoms with Crippen molar-refractivity contribution in [2.24, 2.45) is 5.92 Å². The summed E-state index contributed by atoms with van der Waals surface area (Å²) in [6.45, 7) is 5.43. The number of nitrogens with zero attached hydrogens (tertiary/aromatic N) is 4. The molecule has 0 radical (unpaired) electrons. The Morgan fingerprint density at radius 2 is 2.20 bits per heavy atom. The largest absolute Gasteiger partial charge is 0.382 e. The minimum absolute atomic E-state index is 0.119. The molecule has 2 N–H and O–H groups in total. The van der Waals surface area contributed by atoms with Gasteiger partial charge in [0.1, 0.15) is 11.8 Å². The van der Waals surface area contributed by atoms with Crippen LogP contribution in [0.2, 0.25) is 0 Å². The van der Waals surface area contributed by atoms with Crippen LogP contribution in [0.5, 0.6) is 0 Å². The molecule has 0 bridgehead atoms. The molecule has 3 rings (SSSR count). The van der Waals surface area contributed by atoms with E-state index in [1.165, 1.54) is 12.7 Å². The summed E-state index contributed by atoms with van der Waals surface area (Å²) < 4.78 is 22.5. The molecule has 2 aromatic rings. The first-order valence-electron chi connectivity index (χ1n) is 6.74. The normalized spacial score (nSPS) is 33.9. The van der Waals surface area contributed by atoms with Gasteiger partial charge in [0.25, 0.3) is 0 Å². The highest BCUT2D eigenvalue weighted by atomic mass is 19.1. The molecule has 6 nitrogen and oxygen atoms in total. The average Bonchev–Trinajstić information content (AvgIpc) is 2.92. The summed E-state index contributed by atoms with van der Waals surface area (Å²) in [7, 11) is 0. The van der Waals surface area contributed by atoms with Crippen molar-refractivity contribution in [3.63, 3.8) is 0 Å². The zero-order valence-corrected chi connectivity index (χ0v) is 11.7. The Hall–Kier alpha value is -1.76. The standard InChI is InChI=1S/C13H18FN5O/c1-4-8-7(2)13(3,14)12(20-8)19-6-18-9-10(15)16-5-17-11(9)19/h5-8,12H,4H2,1-3H3,(H2,15,16,17)/t7-,8-,12?,13-/m1/s1. The van der Waals surface area contributed by atoms with Crippen LogP contribution in [-0.2, 0) is 4.74 Å². The number of alkyl halides is 1. The van der Waals surface area contributed by atoms with Crippen molar-refractivity contribution in [3.05, 3.63) is 12.7 Å². The lowest BCUT2D eigenvalue weighted by Gasteiger charge is -2.25. The molecule has 0 aliphatic carbocycles. The van der Waals surface area contributed by atoms with Crippen LogP contribution in [0.3, 0.4) is 0 Å². The SMILES string of the molecule is CC[C@H]1OC(n2cnc3c(N)ncnc32)[C@](C)(F)[C@@H]1C. The summed E-state index contributed by atoms with van der Waals surface area (Å²) in [5.74, 6) is 0.0848. The molecule has 3 heterocycles. The molecule has 1 aliphatic heterocycles. The first-order chi connectivity index (χ1) is 9.46. The molecule has 20 heavy (non-hydrogen) atoms. The maximum absolute atomic E-state index is 15.0. The number of nitrogen functional groups attached to an aromatic ring is 1. The van der Waals surface area contributed by atoms with Crippen LogP contribution in [0.4, 0.5) is 10.2 Å². The maximum atomic E-state index is 15.0. The van der Waals surface area contributed by atoms with E-state index in [0.29, 0.717) is 11.2 Å². The van der Waals surface area contributed by atoms with Crippen LogP contribution in [0.15, 0.2) is 12.7 Å². The lowest BCUT2D eigenvalue weighted by molar-refractivity contribution is -0.0450. The number of hydrogen-bond acceptors (Lipinski definition) is 5. The van der Waals surface area contributed by atoms with Gasteiger partial charge >= 0.3 is 0 Å². The van der Waals surface area contributed by atoms with Gasteiger partial charge in [-0.15, -0.1) is 0 Å². The summed E-state index contributed by atoms with van der Waals surface area (Å²) in [4.78, 5) is 12.2. The smallest absolute Gasteiger partial charge is 0.171 e. The van der Waals surface area contributed by atoms with Gasteiger partial charge in [-0.2, -0.15) is 0 Å². The van der Waals surface area contributed by atoms with Crippen molar-refractivity contribution < 1.29 is 9.13 Å². The monoisotopic (exact) mass is 279 g/mol. The highest BCUT2D eigenvalue weighted by molar-refractivity contribution is 5.81. The summed E-state index contributed by atoms with van der Waals surface area (Å²) in [6, 6.07) is 0. The summed E-state index contributed by atoms with van der Waals surface area (Å²) in [5, 5.41) is 0. The van der Waals surface area contributed by atoms with E-state index in [0.717, 1.165) is 6.42 Å². The number of halogens is 1. The van der Waals surface area contributed by atoms with Gasteiger partial charge in [-0.3, -0.25) is 4.57 Å². The highest BCUT2D eigenvalue weighted by Crippen LogP contribution is 2.46. The molecule has 0 amide bonds. The number of rotatable bonds is 2. The third-order valence-corrected chi connectivity index (χ3v) is 4.28. The molecule has 1 aliphatic rings. The van der Waals surface area contributed by atoms with Crippen LogP contribution >= 0.6 is 0 Å². The number of nitrogens with two attached hydrogens (primary N) is 1. The third-order valence-electron chi connectivity index (χ3n) is 4.28. The average molecular weight is 279 g/mol. The van der Waals surface area contributed by atoms with E-state index in [-0.39, 0.29) is 17.8 Å². The second-order valence-corrected chi connectivity index (χ2v) is 5.46. The van der Waals surface area contributed by atoms with E-state index in [1.807, 2.05) is 13.8 Å². The molecule has 1 unspecified atom stereocenters. The van der Waals surface area contributed by atoms with E-state index in [2.05, 4.69) is 15.0 Å². The maximum Gasteiger partial charge on any atom is 0.171 e. The van der Waals surface area contributed by atoms with Gasteiger partial charge < -0.3 is 10.5 Å². The molecule has 2 aromatic heterocycles. The van der Waals surface area contributed by atoms with Gasteiger partial charge in [0.05, 0.1) is 12.4 Å². The van der Waals surface area contributed by atoms with Gasteiger partial charge in [-0.25, -0.2) is 19.3 Å². The molecule has 0 saturated carbocycles. The van der Waals surface area contributed by atoms with Gasteiger partial charge in [0.2, 0.25) is 0 Å². The second kappa shape index (κ2) is 4.37. The number of aromatic nitrogens is 4. The van der Waals surface area contributed by atoms with E-state index in [1.54, 1.807) is 11.5 Å². The molecule has 0 aromatic carbocycles.